The van der Waals surface area contributed by atoms with Crippen LogP contribution in [0.25, 0.3) is 0 Å². The Balaban J connectivity index is 3.25. The van der Waals surface area contributed by atoms with Crippen molar-refractivity contribution in [2.24, 2.45) is 0 Å². The quantitative estimate of drug-likeness (QED) is 0.348. The van der Waals surface area contributed by atoms with Crippen molar-refractivity contribution in [3.05, 3.63) is 12.2 Å². The summed E-state index contributed by atoms with van der Waals surface area (Å²) >= 11 is 2.32. The van der Waals surface area contributed by atoms with E-state index >= 15 is 0 Å². The lowest BCUT2D eigenvalue weighted by molar-refractivity contribution is -0.132. The zero-order valence-electron chi connectivity index (χ0n) is 6.48. The molecule has 0 bridgehead atoms. The molecule has 64 valence electrons. The zero-order valence-corrected chi connectivity index (χ0v) is 8.63. The molecule has 0 atom stereocenters. The first-order chi connectivity index (χ1) is 5.18. The smallest absolute Gasteiger partial charge is 0.330 e. The largest absolute Gasteiger partial charge is 0.478 e. The molecule has 1 N–H and O–H groups in total. The number of hydrogen-bond donors (Lipinski definition) is 1. The highest BCUT2D eigenvalue weighted by molar-refractivity contribution is 14.1. The number of alkyl halides is 1. The molecule has 0 aromatic rings. The third-order valence-electron chi connectivity index (χ3n) is 1.41. The molecule has 0 rings (SSSR count). The Bertz CT molecular complexity index is 143. The van der Waals surface area contributed by atoms with Gasteiger partial charge in [0.2, 0.25) is 0 Å². The highest BCUT2D eigenvalue weighted by atomic mass is 127. The maximum absolute atomic E-state index is 10.3. The van der Waals surface area contributed by atoms with Gasteiger partial charge in [0, 0.05) is 5.57 Å². The lowest BCUT2D eigenvalue weighted by Crippen LogP contribution is -1.98. The third-order valence-corrected chi connectivity index (χ3v) is 2.18. The fraction of sp³-hybridized carbons (Fsp3) is 0.625. The van der Waals surface area contributed by atoms with Crippen LogP contribution in [0.4, 0.5) is 0 Å². The molecule has 0 saturated heterocycles. The van der Waals surface area contributed by atoms with Crippen molar-refractivity contribution in [1.29, 1.82) is 0 Å². The summed E-state index contributed by atoms with van der Waals surface area (Å²) in [6.07, 6.45) is 3.86. The number of aliphatic carboxylic acids is 1. The molecule has 2 nitrogen and oxygen atoms in total. The molecule has 0 aliphatic carbocycles. The Morgan fingerprint density at radius 3 is 2.45 bits per heavy atom. The first-order valence-corrected chi connectivity index (χ1v) is 5.18. The van der Waals surface area contributed by atoms with E-state index in [1.165, 1.54) is 6.42 Å². The summed E-state index contributed by atoms with van der Waals surface area (Å²) in [5.41, 5.74) is 0.332. The van der Waals surface area contributed by atoms with Gasteiger partial charge in [-0.05, 0) is 23.7 Å². The van der Waals surface area contributed by atoms with Gasteiger partial charge in [0.05, 0.1) is 0 Å². The van der Waals surface area contributed by atoms with Gasteiger partial charge in [-0.1, -0.05) is 35.6 Å². The molecule has 0 spiro atoms. The van der Waals surface area contributed by atoms with E-state index in [4.69, 9.17) is 5.11 Å². The highest BCUT2D eigenvalue weighted by Crippen LogP contribution is 2.07. The number of hydrogen-bond acceptors (Lipinski definition) is 1. The first kappa shape index (κ1) is 10.9. The molecule has 3 heteroatoms. The van der Waals surface area contributed by atoms with Crippen LogP contribution in [0.15, 0.2) is 12.2 Å². The molecule has 0 aliphatic rings. The predicted octanol–water partition coefficient (Wildman–Crippen LogP) is 2.62. The van der Waals surface area contributed by atoms with Crippen molar-refractivity contribution in [2.45, 2.75) is 25.7 Å². The molecular weight excluding hydrogens is 255 g/mol. The fourth-order valence-corrected chi connectivity index (χ4v) is 1.26. The molecule has 0 aromatic carbocycles. The second-order valence-corrected chi connectivity index (χ2v) is 3.49. The minimum absolute atomic E-state index is 0.332. The van der Waals surface area contributed by atoms with E-state index in [0.29, 0.717) is 12.0 Å². The maximum atomic E-state index is 10.3. The van der Waals surface area contributed by atoms with Gasteiger partial charge in [-0.3, -0.25) is 0 Å². The monoisotopic (exact) mass is 268 g/mol. The highest BCUT2D eigenvalue weighted by Gasteiger charge is 2.01. The van der Waals surface area contributed by atoms with Gasteiger partial charge in [-0.15, -0.1) is 0 Å². The number of unbranched alkanes of at least 4 members (excludes halogenated alkanes) is 2. The Morgan fingerprint density at radius 1 is 1.36 bits per heavy atom. The van der Waals surface area contributed by atoms with Crippen LogP contribution in [-0.4, -0.2) is 15.5 Å². The van der Waals surface area contributed by atoms with E-state index < -0.39 is 5.97 Å². The van der Waals surface area contributed by atoms with Gasteiger partial charge in [-0.25, -0.2) is 4.79 Å². The fourth-order valence-electron chi connectivity index (χ4n) is 0.717. The molecule has 0 saturated carbocycles. The third kappa shape index (κ3) is 6.34. The van der Waals surface area contributed by atoms with Gasteiger partial charge in [0.25, 0.3) is 0 Å². The minimum Gasteiger partial charge on any atom is -0.478 e. The summed E-state index contributed by atoms with van der Waals surface area (Å²) < 4.78 is 1.15. The second kappa shape index (κ2) is 6.64. The van der Waals surface area contributed by atoms with Crippen molar-refractivity contribution in [2.75, 3.05) is 4.43 Å². The Kier molecular flexibility index (Phi) is 6.60. The minimum atomic E-state index is -0.862. The summed E-state index contributed by atoms with van der Waals surface area (Å²) in [6.45, 7) is 3.45. The van der Waals surface area contributed by atoms with Crippen molar-refractivity contribution in [3.8, 4) is 0 Å². The number of rotatable bonds is 6. The van der Waals surface area contributed by atoms with Gasteiger partial charge < -0.3 is 5.11 Å². The summed E-state index contributed by atoms with van der Waals surface area (Å²) in [6, 6.07) is 0. The van der Waals surface area contributed by atoms with Crippen molar-refractivity contribution >= 4 is 28.6 Å². The van der Waals surface area contributed by atoms with E-state index in [2.05, 4.69) is 29.2 Å². The summed E-state index contributed by atoms with van der Waals surface area (Å²) in [5, 5.41) is 8.44. The van der Waals surface area contributed by atoms with Crippen LogP contribution >= 0.6 is 22.6 Å². The number of carboxylic acids is 1. The van der Waals surface area contributed by atoms with Crippen LogP contribution in [0.5, 0.6) is 0 Å². The Morgan fingerprint density at radius 2 is 2.00 bits per heavy atom. The standard InChI is InChI=1S/C8H13IO2/c1-7(8(10)11)5-3-2-4-6-9/h1-6H2,(H,10,11). The van der Waals surface area contributed by atoms with Crippen LogP contribution in [0.3, 0.4) is 0 Å². The van der Waals surface area contributed by atoms with Crippen LogP contribution < -0.4 is 0 Å². The molecule has 11 heavy (non-hydrogen) atoms. The maximum Gasteiger partial charge on any atom is 0.330 e. The van der Waals surface area contributed by atoms with E-state index in [0.717, 1.165) is 17.3 Å². The molecular formula is C8H13IO2. The average Bonchev–Trinajstić information content (AvgIpc) is 1.97. The summed E-state index contributed by atoms with van der Waals surface area (Å²) in [7, 11) is 0. The van der Waals surface area contributed by atoms with Crippen LogP contribution in [0.2, 0.25) is 0 Å². The van der Waals surface area contributed by atoms with Crippen LogP contribution in [0, 0.1) is 0 Å². The van der Waals surface area contributed by atoms with E-state index in [1.54, 1.807) is 0 Å². The molecule has 0 heterocycles. The summed E-state index contributed by atoms with van der Waals surface area (Å²) in [4.78, 5) is 10.3. The van der Waals surface area contributed by atoms with Gasteiger partial charge in [0.1, 0.15) is 0 Å². The number of halogens is 1. The van der Waals surface area contributed by atoms with E-state index in [-0.39, 0.29) is 0 Å². The zero-order chi connectivity index (χ0) is 8.69. The van der Waals surface area contributed by atoms with Crippen molar-refractivity contribution in [1.82, 2.24) is 0 Å². The van der Waals surface area contributed by atoms with Crippen LogP contribution in [-0.2, 0) is 4.79 Å². The normalized spacial score (nSPS) is 9.55. The van der Waals surface area contributed by atoms with Gasteiger partial charge in [-0.2, -0.15) is 0 Å². The molecule has 0 aromatic heterocycles. The molecule has 0 aliphatic heterocycles. The number of carboxylic acid groups (broad SMARTS) is 1. The topological polar surface area (TPSA) is 37.3 Å². The Labute approximate surface area is 80.8 Å². The summed E-state index contributed by atoms with van der Waals surface area (Å²) in [5.74, 6) is -0.862. The molecule has 0 amide bonds. The van der Waals surface area contributed by atoms with E-state index in [1.807, 2.05) is 0 Å². The average molecular weight is 268 g/mol. The second-order valence-electron chi connectivity index (χ2n) is 2.41. The lowest BCUT2D eigenvalue weighted by Gasteiger charge is -1.98. The van der Waals surface area contributed by atoms with Crippen molar-refractivity contribution < 1.29 is 9.90 Å². The van der Waals surface area contributed by atoms with Gasteiger partial charge in [0.15, 0.2) is 0 Å². The number of carbonyl (C=O) groups is 1. The van der Waals surface area contributed by atoms with E-state index in [9.17, 15) is 4.79 Å². The SMILES string of the molecule is C=C(CCCCCI)C(=O)O. The van der Waals surface area contributed by atoms with Gasteiger partial charge >= 0.3 is 5.97 Å². The van der Waals surface area contributed by atoms with Crippen LogP contribution in [0.1, 0.15) is 25.7 Å². The first-order valence-electron chi connectivity index (χ1n) is 3.65. The lowest BCUT2D eigenvalue weighted by atomic mass is 10.1. The Hall–Kier alpha value is -0.0600. The predicted molar refractivity (Wildman–Crippen MR) is 54.1 cm³/mol. The molecule has 0 radical (unpaired) electrons. The molecule has 0 unspecified atom stereocenters. The molecule has 0 fully saturated rings. The van der Waals surface area contributed by atoms with Crippen molar-refractivity contribution in [3.63, 3.8) is 0 Å².